The van der Waals surface area contributed by atoms with E-state index in [1.165, 1.54) is 0 Å². The van der Waals surface area contributed by atoms with Gasteiger partial charge in [-0.15, -0.1) is 0 Å². The number of rotatable bonds is 3. The van der Waals surface area contributed by atoms with Gasteiger partial charge in [-0.05, 0) is 6.42 Å². The van der Waals surface area contributed by atoms with E-state index in [-0.39, 0.29) is 29.6 Å². The van der Waals surface area contributed by atoms with E-state index in [1.807, 2.05) is 20.8 Å². The minimum atomic E-state index is -0.765. The highest BCUT2D eigenvalue weighted by Crippen LogP contribution is 2.43. The van der Waals surface area contributed by atoms with Gasteiger partial charge in [0.1, 0.15) is 5.78 Å². The summed E-state index contributed by atoms with van der Waals surface area (Å²) in [6, 6.07) is 0. The van der Waals surface area contributed by atoms with Gasteiger partial charge in [0.05, 0.1) is 6.61 Å². The van der Waals surface area contributed by atoms with Gasteiger partial charge in [0, 0.05) is 17.3 Å². The first-order valence-electron chi connectivity index (χ1n) is 4.79. The van der Waals surface area contributed by atoms with Crippen LogP contribution in [0.15, 0.2) is 0 Å². The van der Waals surface area contributed by atoms with E-state index < -0.39 is 6.09 Å². The third-order valence-corrected chi connectivity index (χ3v) is 2.44. The first-order chi connectivity index (χ1) is 6.32. The molecular weight excluding hydrogens is 182 g/mol. The van der Waals surface area contributed by atoms with Crippen molar-refractivity contribution in [3.05, 3.63) is 0 Å². The van der Waals surface area contributed by atoms with Crippen LogP contribution in [0.2, 0.25) is 0 Å². The molecule has 0 aromatic heterocycles. The molecule has 1 fully saturated rings. The Hall–Kier alpha value is -1.06. The lowest BCUT2D eigenvalue weighted by Gasteiger charge is -2.16. The Kier molecular flexibility index (Phi) is 2.83. The average molecular weight is 199 g/mol. The minimum Gasteiger partial charge on any atom is -0.449 e. The maximum Gasteiger partial charge on any atom is 0.404 e. The topological polar surface area (TPSA) is 69.4 Å². The van der Waals surface area contributed by atoms with Crippen LogP contribution in [0.5, 0.6) is 0 Å². The van der Waals surface area contributed by atoms with Gasteiger partial charge in [-0.1, -0.05) is 20.8 Å². The third kappa shape index (κ3) is 2.72. The minimum absolute atomic E-state index is 0.0642. The predicted octanol–water partition coefficient (Wildman–Crippen LogP) is 1.33. The molecule has 0 spiro atoms. The molecule has 4 nitrogen and oxygen atoms in total. The number of Topliss-reactive ketones (excluding diaryl/α,β-unsaturated/α-hetero) is 1. The Morgan fingerprint density at radius 3 is 2.43 bits per heavy atom. The van der Waals surface area contributed by atoms with Crippen LogP contribution in [0, 0.1) is 17.3 Å². The molecule has 1 aliphatic rings. The second kappa shape index (κ2) is 3.59. The summed E-state index contributed by atoms with van der Waals surface area (Å²) in [4.78, 5) is 22.0. The van der Waals surface area contributed by atoms with Crippen molar-refractivity contribution in [3.8, 4) is 0 Å². The summed E-state index contributed by atoms with van der Waals surface area (Å²) in [5, 5.41) is 0. The fourth-order valence-corrected chi connectivity index (χ4v) is 1.50. The highest BCUT2D eigenvalue weighted by Gasteiger charge is 2.46. The SMILES string of the molecule is CC(C)(C)C(=O)[C@@H]1C[C@H]1COC(N)=O. The van der Waals surface area contributed by atoms with E-state index in [1.54, 1.807) is 0 Å². The van der Waals surface area contributed by atoms with Crippen LogP contribution >= 0.6 is 0 Å². The van der Waals surface area contributed by atoms with Crippen molar-refractivity contribution in [2.24, 2.45) is 23.0 Å². The van der Waals surface area contributed by atoms with E-state index in [0.29, 0.717) is 0 Å². The number of amides is 1. The van der Waals surface area contributed by atoms with Gasteiger partial charge in [0.25, 0.3) is 0 Å². The van der Waals surface area contributed by atoms with Crippen molar-refractivity contribution in [2.75, 3.05) is 6.61 Å². The molecule has 1 amide bonds. The second-order valence-corrected chi connectivity index (χ2v) is 4.85. The molecule has 2 N–H and O–H groups in total. The molecular formula is C10H17NO3. The zero-order valence-corrected chi connectivity index (χ0v) is 8.87. The highest BCUT2D eigenvalue weighted by molar-refractivity contribution is 5.88. The maximum atomic E-state index is 11.7. The molecule has 0 aromatic carbocycles. The number of hydrogen-bond acceptors (Lipinski definition) is 3. The van der Waals surface area contributed by atoms with Gasteiger partial charge in [-0.3, -0.25) is 4.79 Å². The van der Waals surface area contributed by atoms with Gasteiger partial charge >= 0.3 is 6.09 Å². The summed E-state index contributed by atoms with van der Waals surface area (Å²) in [5.74, 6) is 0.499. The predicted molar refractivity (Wildman–Crippen MR) is 51.6 cm³/mol. The lowest BCUT2D eigenvalue weighted by Crippen LogP contribution is -2.23. The molecule has 4 heteroatoms. The first kappa shape index (κ1) is 11.0. The van der Waals surface area contributed by atoms with Crippen LogP contribution in [0.1, 0.15) is 27.2 Å². The zero-order chi connectivity index (χ0) is 10.9. The van der Waals surface area contributed by atoms with Gasteiger partial charge in [0.15, 0.2) is 0 Å². The number of ketones is 1. The second-order valence-electron chi connectivity index (χ2n) is 4.85. The van der Waals surface area contributed by atoms with E-state index in [4.69, 9.17) is 5.73 Å². The number of carbonyl (C=O) groups is 2. The van der Waals surface area contributed by atoms with Crippen molar-refractivity contribution in [1.29, 1.82) is 0 Å². The summed E-state index contributed by atoms with van der Waals surface area (Å²) in [6.45, 7) is 5.99. The zero-order valence-electron chi connectivity index (χ0n) is 8.87. The Morgan fingerprint density at radius 2 is 2.00 bits per heavy atom. The largest absolute Gasteiger partial charge is 0.449 e. The summed E-state index contributed by atoms with van der Waals surface area (Å²) in [7, 11) is 0. The molecule has 1 saturated carbocycles. The van der Waals surface area contributed by atoms with Crippen LogP contribution < -0.4 is 5.73 Å². The molecule has 0 aliphatic heterocycles. The summed E-state index contributed by atoms with van der Waals surface area (Å²) >= 11 is 0. The van der Waals surface area contributed by atoms with E-state index in [0.717, 1.165) is 6.42 Å². The van der Waals surface area contributed by atoms with Crippen molar-refractivity contribution in [2.45, 2.75) is 27.2 Å². The normalized spacial score (nSPS) is 25.6. The van der Waals surface area contributed by atoms with Crippen LogP contribution in [0.25, 0.3) is 0 Å². The van der Waals surface area contributed by atoms with Crippen LogP contribution in [0.3, 0.4) is 0 Å². The quantitative estimate of drug-likeness (QED) is 0.745. The smallest absolute Gasteiger partial charge is 0.404 e. The number of hydrogen-bond donors (Lipinski definition) is 1. The fourth-order valence-electron chi connectivity index (χ4n) is 1.50. The molecule has 80 valence electrons. The number of primary amides is 1. The Bertz CT molecular complexity index is 255. The molecule has 0 aromatic rings. The van der Waals surface area contributed by atoms with Crippen molar-refractivity contribution in [3.63, 3.8) is 0 Å². The molecule has 1 rings (SSSR count). The van der Waals surface area contributed by atoms with Gasteiger partial charge < -0.3 is 10.5 Å². The van der Waals surface area contributed by atoms with Crippen molar-refractivity contribution >= 4 is 11.9 Å². The number of carbonyl (C=O) groups excluding carboxylic acids is 2. The molecule has 0 bridgehead atoms. The Morgan fingerprint density at radius 1 is 1.43 bits per heavy atom. The van der Waals surface area contributed by atoms with Crippen LogP contribution in [-0.2, 0) is 9.53 Å². The maximum absolute atomic E-state index is 11.7. The van der Waals surface area contributed by atoms with Crippen LogP contribution in [0.4, 0.5) is 4.79 Å². The van der Waals surface area contributed by atoms with E-state index in [9.17, 15) is 9.59 Å². The van der Waals surface area contributed by atoms with Crippen molar-refractivity contribution < 1.29 is 14.3 Å². The van der Waals surface area contributed by atoms with Gasteiger partial charge in [-0.2, -0.15) is 0 Å². The lowest BCUT2D eigenvalue weighted by atomic mass is 9.87. The summed E-state index contributed by atoms with van der Waals surface area (Å²) in [6.07, 6.45) is 0.0579. The molecule has 0 saturated heterocycles. The molecule has 0 heterocycles. The average Bonchev–Trinajstić information content (AvgIpc) is 2.76. The van der Waals surface area contributed by atoms with Crippen molar-refractivity contribution in [1.82, 2.24) is 0 Å². The molecule has 0 radical (unpaired) electrons. The van der Waals surface area contributed by atoms with Crippen LogP contribution in [-0.4, -0.2) is 18.5 Å². The monoisotopic (exact) mass is 199 g/mol. The standard InChI is InChI=1S/C10H17NO3/c1-10(2,3)8(12)7-4-6(7)5-14-9(11)13/h6-7H,4-5H2,1-3H3,(H2,11,13)/t6-,7+/m0/s1. The molecule has 0 unspecified atom stereocenters. The lowest BCUT2D eigenvalue weighted by molar-refractivity contribution is -0.128. The van der Waals surface area contributed by atoms with E-state index >= 15 is 0 Å². The van der Waals surface area contributed by atoms with Gasteiger partial charge in [-0.25, -0.2) is 4.79 Å². The number of ether oxygens (including phenoxy) is 1. The third-order valence-electron chi connectivity index (χ3n) is 2.44. The number of nitrogens with two attached hydrogens (primary N) is 1. The molecule has 14 heavy (non-hydrogen) atoms. The molecule has 2 atom stereocenters. The summed E-state index contributed by atoms with van der Waals surface area (Å²) in [5.41, 5.74) is 4.53. The van der Waals surface area contributed by atoms with E-state index in [2.05, 4.69) is 4.74 Å². The summed E-state index contributed by atoms with van der Waals surface area (Å²) < 4.78 is 4.65. The Labute approximate surface area is 83.8 Å². The molecule has 1 aliphatic carbocycles. The Balaban J connectivity index is 2.33. The van der Waals surface area contributed by atoms with Gasteiger partial charge in [0.2, 0.25) is 0 Å². The fraction of sp³-hybridized carbons (Fsp3) is 0.800. The first-order valence-corrected chi connectivity index (χ1v) is 4.79. The highest BCUT2D eigenvalue weighted by atomic mass is 16.5.